The van der Waals surface area contributed by atoms with Crippen LogP contribution in [0.15, 0.2) is 15.7 Å². The molecule has 1 fully saturated rings. The highest BCUT2D eigenvalue weighted by molar-refractivity contribution is 7.91. The minimum Gasteiger partial charge on any atom is -0.478 e. The highest BCUT2D eigenvalue weighted by Gasteiger charge is 2.33. The summed E-state index contributed by atoms with van der Waals surface area (Å²) in [6, 6.07) is 1.20. The van der Waals surface area contributed by atoms with Crippen molar-refractivity contribution in [2.45, 2.75) is 30.3 Å². The number of carboxylic acid groups (broad SMARTS) is 1. The first kappa shape index (κ1) is 14.4. The van der Waals surface area contributed by atoms with Crippen LogP contribution in [0.25, 0.3) is 0 Å². The predicted octanol–water partition coefficient (Wildman–Crippen LogP) is 1.24. The first-order valence-corrected chi connectivity index (χ1v) is 8.10. The van der Waals surface area contributed by atoms with E-state index >= 15 is 0 Å². The first-order valence-electron chi connectivity index (χ1n) is 5.78. The van der Waals surface area contributed by atoms with Crippen LogP contribution < -0.4 is 0 Å². The third-order valence-corrected chi connectivity index (χ3v) is 6.05. The Labute approximate surface area is 115 Å². The van der Waals surface area contributed by atoms with Crippen LogP contribution in [0.5, 0.6) is 0 Å². The Kier molecular flexibility index (Phi) is 3.95. The maximum Gasteiger partial charge on any atom is 0.336 e. The Balaban J connectivity index is 2.28. The van der Waals surface area contributed by atoms with Crippen molar-refractivity contribution in [1.29, 1.82) is 0 Å². The molecule has 1 aromatic rings. The summed E-state index contributed by atoms with van der Waals surface area (Å²) in [7, 11) is -3.63. The predicted molar refractivity (Wildman–Crippen MR) is 70.0 cm³/mol. The molecule has 2 rings (SSSR count). The third kappa shape index (κ3) is 2.97. The number of nitrogens with zero attached hydrogens (tertiary/aromatic N) is 1. The smallest absolute Gasteiger partial charge is 0.336 e. The van der Waals surface area contributed by atoms with Crippen molar-refractivity contribution in [3.63, 3.8) is 0 Å². The number of hydrogen-bond donors (Lipinski definition) is 1. The van der Waals surface area contributed by atoms with Crippen LogP contribution in [-0.4, -0.2) is 49.1 Å². The van der Waals surface area contributed by atoms with Gasteiger partial charge < -0.3 is 9.84 Å². The van der Waals surface area contributed by atoms with E-state index in [0.717, 1.165) is 11.3 Å². The lowest BCUT2D eigenvalue weighted by Gasteiger charge is -2.34. The minimum atomic E-state index is -3.63. The van der Waals surface area contributed by atoms with Gasteiger partial charge in [-0.25, -0.2) is 13.2 Å². The molecule has 19 heavy (non-hydrogen) atoms. The van der Waals surface area contributed by atoms with E-state index in [-0.39, 0.29) is 35.1 Å². The highest BCUT2D eigenvalue weighted by Crippen LogP contribution is 2.26. The zero-order chi connectivity index (χ0) is 14.2. The van der Waals surface area contributed by atoms with E-state index in [9.17, 15) is 13.2 Å². The van der Waals surface area contributed by atoms with Crippen molar-refractivity contribution in [3.8, 4) is 0 Å². The summed E-state index contributed by atoms with van der Waals surface area (Å²) in [6.45, 7) is 4.20. The number of aromatic carboxylic acids is 1. The van der Waals surface area contributed by atoms with Crippen LogP contribution >= 0.6 is 11.3 Å². The van der Waals surface area contributed by atoms with Crippen LogP contribution in [0.1, 0.15) is 24.2 Å². The summed E-state index contributed by atoms with van der Waals surface area (Å²) in [5.41, 5.74) is -0.00192. The van der Waals surface area contributed by atoms with Crippen LogP contribution in [-0.2, 0) is 14.8 Å². The lowest BCUT2D eigenvalue weighted by molar-refractivity contribution is -0.0440. The normalized spacial score (nSPS) is 25.4. The third-order valence-electron chi connectivity index (χ3n) is 2.80. The zero-order valence-corrected chi connectivity index (χ0v) is 12.2. The van der Waals surface area contributed by atoms with Crippen LogP contribution in [0.2, 0.25) is 0 Å². The van der Waals surface area contributed by atoms with Gasteiger partial charge in [0.15, 0.2) is 0 Å². The quantitative estimate of drug-likeness (QED) is 0.908. The molecule has 1 saturated heterocycles. The lowest BCUT2D eigenvalue weighted by atomic mass is 10.3. The van der Waals surface area contributed by atoms with E-state index < -0.39 is 16.0 Å². The molecule has 2 atom stereocenters. The van der Waals surface area contributed by atoms with Gasteiger partial charge in [0.2, 0.25) is 0 Å². The van der Waals surface area contributed by atoms with Crippen molar-refractivity contribution in [2.24, 2.45) is 0 Å². The maximum atomic E-state index is 12.4. The summed E-state index contributed by atoms with van der Waals surface area (Å²) >= 11 is 0.930. The van der Waals surface area contributed by atoms with Crippen LogP contribution in [0, 0.1) is 0 Å². The van der Waals surface area contributed by atoms with Gasteiger partial charge >= 0.3 is 5.97 Å². The van der Waals surface area contributed by atoms with Crippen molar-refractivity contribution in [1.82, 2.24) is 4.31 Å². The topological polar surface area (TPSA) is 83.9 Å². The van der Waals surface area contributed by atoms with Crippen molar-refractivity contribution < 1.29 is 23.1 Å². The second kappa shape index (κ2) is 5.20. The summed E-state index contributed by atoms with van der Waals surface area (Å²) < 4.78 is 31.7. The lowest BCUT2D eigenvalue weighted by Crippen LogP contribution is -2.47. The number of carboxylic acids is 1. The van der Waals surface area contributed by atoms with Crippen molar-refractivity contribution >= 4 is 27.3 Å². The molecule has 0 aliphatic carbocycles. The van der Waals surface area contributed by atoms with E-state index in [0.29, 0.717) is 0 Å². The Hall–Kier alpha value is -0.960. The van der Waals surface area contributed by atoms with Gasteiger partial charge in [-0.2, -0.15) is 4.31 Å². The first-order chi connectivity index (χ1) is 8.80. The number of carbonyl (C=O) groups is 1. The molecule has 8 heteroatoms. The average molecular weight is 305 g/mol. The Morgan fingerprint density at radius 3 is 2.47 bits per heavy atom. The molecule has 1 N–H and O–H groups in total. The largest absolute Gasteiger partial charge is 0.478 e. The standard InChI is InChI=1S/C11H15NO5S2/c1-7-4-12(5-8(2)17-7)19(15,16)10-3-9(6-18-10)11(13)14/h3,6-8H,4-5H2,1-2H3,(H,13,14)/t7-,8+. The highest BCUT2D eigenvalue weighted by atomic mass is 32.2. The molecule has 1 aliphatic heterocycles. The number of ether oxygens (including phenoxy) is 1. The summed E-state index contributed by atoms with van der Waals surface area (Å²) in [5, 5.41) is 10.2. The fourth-order valence-corrected chi connectivity index (χ4v) is 4.91. The molecule has 0 amide bonds. The van der Waals surface area contributed by atoms with Gasteiger partial charge in [0.25, 0.3) is 10.0 Å². The molecule has 1 aromatic heterocycles. The molecule has 106 valence electrons. The van der Waals surface area contributed by atoms with Crippen molar-refractivity contribution in [2.75, 3.05) is 13.1 Å². The van der Waals surface area contributed by atoms with Gasteiger partial charge in [-0.05, 0) is 19.9 Å². The molecular weight excluding hydrogens is 290 g/mol. The molecule has 2 heterocycles. The Bertz CT molecular complexity index is 570. The van der Waals surface area contributed by atoms with E-state index in [1.54, 1.807) is 0 Å². The number of sulfonamides is 1. The SMILES string of the molecule is C[C@@H]1CN(S(=O)(=O)c2cc(C(=O)O)cs2)C[C@H](C)O1. The number of thiophene rings is 1. The fourth-order valence-electron chi connectivity index (χ4n) is 2.02. The second-order valence-electron chi connectivity index (χ2n) is 4.54. The molecule has 0 saturated carbocycles. The van der Waals surface area contributed by atoms with E-state index in [1.165, 1.54) is 15.8 Å². The molecule has 0 unspecified atom stereocenters. The minimum absolute atomic E-state index is 0.00192. The van der Waals surface area contributed by atoms with E-state index in [1.807, 2.05) is 13.8 Å². The fraction of sp³-hybridized carbons (Fsp3) is 0.545. The van der Waals surface area contributed by atoms with Gasteiger partial charge in [0.05, 0.1) is 17.8 Å². The Morgan fingerprint density at radius 1 is 1.42 bits per heavy atom. The summed E-state index contributed by atoms with van der Waals surface area (Å²) in [5.74, 6) is -1.12. The van der Waals surface area contributed by atoms with Crippen LogP contribution in [0.4, 0.5) is 0 Å². The molecule has 0 radical (unpaired) electrons. The van der Waals surface area contributed by atoms with Gasteiger partial charge in [-0.3, -0.25) is 0 Å². The van der Waals surface area contributed by atoms with Gasteiger partial charge in [-0.1, -0.05) is 0 Å². The maximum absolute atomic E-state index is 12.4. The second-order valence-corrected chi connectivity index (χ2v) is 7.61. The summed E-state index contributed by atoms with van der Waals surface area (Å²) in [6.07, 6.45) is -0.338. The monoisotopic (exact) mass is 305 g/mol. The average Bonchev–Trinajstić information content (AvgIpc) is 2.77. The van der Waals surface area contributed by atoms with E-state index in [2.05, 4.69) is 0 Å². The molecule has 0 spiro atoms. The van der Waals surface area contributed by atoms with Crippen molar-refractivity contribution in [3.05, 3.63) is 17.0 Å². The molecule has 0 bridgehead atoms. The van der Waals surface area contributed by atoms with Gasteiger partial charge in [0.1, 0.15) is 4.21 Å². The number of morpholine rings is 1. The van der Waals surface area contributed by atoms with Crippen LogP contribution in [0.3, 0.4) is 0 Å². The molecule has 6 nitrogen and oxygen atoms in total. The van der Waals surface area contributed by atoms with E-state index in [4.69, 9.17) is 9.84 Å². The van der Waals surface area contributed by atoms with Gasteiger partial charge in [-0.15, -0.1) is 11.3 Å². The molecule has 1 aliphatic rings. The molecular formula is C11H15NO5S2. The Morgan fingerprint density at radius 2 is 2.00 bits per heavy atom. The number of hydrogen-bond acceptors (Lipinski definition) is 5. The number of rotatable bonds is 3. The molecule has 0 aromatic carbocycles. The summed E-state index contributed by atoms with van der Waals surface area (Å²) in [4.78, 5) is 10.8. The zero-order valence-electron chi connectivity index (χ0n) is 10.6. The van der Waals surface area contributed by atoms with Gasteiger partial charge in [0, 0.05) is 18.5 Å².